The van der Waals surface area contributed by atoms with Crippen LogP contribution in [0.15, 0.2) is 82.2 Å². The molecule has 0 aromatic heterocycles. The van der Waals surface area contributed by atoms with E-state index in [2.05, 4.69) is 26.0 Å². The number of carbonyl (C=O) groups excluding carboxylic acids is 1. The molecule has 0 aliphatic carbocycles. The molecular formula is C21H17BrN2O5S. The topological polar surface area (TPSA) is 113 Å². The van der Waals surface area contributed by atoms with Gasteiger partial charge in [0, 0.05) is 16.6 Å². The normalized spacial score (nSPS) is 11.1. The fourth-order valence-corrected chi connectivity index (χ4v) is 4.02. The summed E-state index contributed by atoms with van der Waals surface area (Å²) in [7, 11) is -3.75. The van der Waals surface area contributed by atoms with Crippen LogP contribution in [0.3, 0.4) is 0 Å². The highest BCUT2D eigenvalue weighted by atomic mass is 79.9. The predicted octanol–water partition coefficient (Wildman–Crippen LogP) is 3.88. The molecule has 0 spiro atoms. The van der Waals surface area contributed by atoms with Crippen LogP contribution in [0.4, 0.5) is 5.69 Å². The number of sulfonamides is 1. The molecule has 0 saturated carbocycles. The van der Waals surface area contributed by atoms with Gasteiger partial charge < -0.3 is 10.4 Å². The molecule has 0 radical (unpaired) electrons. The van der Waals surface area contributed by atoms with E-state index < -0.39 is 21.9 Å². The Labute approximate surface area is 181 Å². The number of hydrogen-bond donors (Lipinski definition) is 3. The zero-order valence-corrected chi connectivity index (χ0v) is 17.9. The molecule has 0 aliphatic heterocycles. The predicted molar refractivity (Wildman–Crippen MR) is 116 cm³/mol. The minimum absolute atomic E-state index is 0.0184. The summed E-state index contributed by atoms with van der Waals surface area (Å²) in [5.74, 6) is -1.74. The zero-order valence-electron chi connectivity index (χ0n) is 15.5. The van der Waals surface area contributed by atoms with E-state index >= 15 is 0 Å². The van der Waals surface area contributed by atoms with Gasteiger partial charge in [0.1, 0.15) is 0 Å². The molecule has 0 bridgehead atoms. The van der Waals surface area contributed by atoms with Crippen molar-refractivity contribution in [1.29, 1.82) is 0 Å². The average molecular weight is 489 g/mol. The van der Waals surface area contributed by atoms with Gasteiger partial charge in [-0.25, -0.2) is 17.9 Å². The Hall–Kier alpha value is -3.01. The van der Waals surface area contributed by atoms with Crippen LogP contribution < -0.4 is 10.0 Å². The van der Waals surface area contributed by atoms with Crippen LogP contribution in [-0.2, 0) is 16.6 Å². The Morgan fingerprint density at radius 2 is 1.60 bits per heavy atom. The SMILES string of the molecule is O=C(Nc1ccc(Br)cc1C(=O)O)c1ccc(S(=O)(=O)NCc2ccccc2)cc1. The van der Waals surface area contributed by atoms with Crippen molar-refractivity contribution in [2.45, 2.75) is 11.4 Å². The van der Waals surface area contributed by atoms with Crippen LogP contribution in [0.25, 0.3) is 0 Å². The average Bonchev–Trinajstić information content (AvgIpc) is 2.74. The number of carbonyl (C=O) groups is 2. The van der Waals surface area contributed by atoms with E-state index in [0.717, 1.165) is 5.56 Å². The number of amides is 1. The van der Waals surface area contributed by atoms with Gasteiger partial charge in [-0.05, 0) is 48.0 Å². The second kappa shape index (κ2) is 9.21. The van der Waals surface area contributed by atoms with Crippen molar-refractivity contribution in [3.05, 3.63) is 94.0 Å². The van der Waals surface area contributed by atoms with Crippen molar-refractivity contribution < 1.29 is 23.1 Å². The number of rotatable bonds is 7. The van der Waals surface area contributed by atoms with Gasteiger partial charge in [-0.2, -0.15) is 0 Å². The summed E-state index contributed by atoms with van der Waals surface area (Å²) in [5, 5.41) is 11.8. The van der Waals surface area contributed by atoms with E-state index in [-0.39, 0.29) is 28.3 Å². The number of aromatic carboxylic acids is 1. The first-order valence-electron chi connectivity index (χ1n) is 8.74. The molecule has 3 aromatic rings. The van der Waals surface area contributed by atoms with Gasteiger partial charge >= 0.3 is 5.97 Å². The van der Waals surface area contributed by atoms with Gasteiger partial charge in [0.15, 0.2) is 0 Å². The number of benzene rings is 3. The van der Waals surface area contributed by atoms with Crippen LogP contribution >= 0.6 is 15.9 Å². The largest absolute Gasteiger partial charge is 0.478 e. The zero-order chi connectivity index (χ0) is 21.7. The number of nitrogens with one attached hydrogen (secondary N) is 2. The molecular weight excluding hydrogens is 472 g/mol. The van der Waals surface area contributed by atoms with Crippen molar-refractivity contribution in [3.63, 3.8) is 0 Å². The summed E-state index contributed by atoms with van der Waals surface area (Å²) in [6, 6.07) is 18.9. The van der Waals surface area contributed by atoms with Gasteiger partial charge in [0.25, 0.3) is 5.91 Å². The van der Waals surface area contributed by atoms with Crippen LogP contribution in [0, 0.1) is 0 Å². The van der Waals surface area contributed by atoms with Crippen LogP contribution in [-0.4, -0.2) is 25.4 Å². The molecule has 3 rings (SSSR count). The first-order valence-corrected chi connectivity index (χ1v) is 11.0. The Morgan fingerprint density at radius 3 is 2.23 bits per heavy atom. The van der Waals surface area contributed by atoms with E-state index in [1.807, 2.05) is 30.3 Å². The van der Waals surface area contributed by atoms with Gasteiger partial charge in [-0.1, -0.05) is 46.3 Å². The second-order valence-corrected chi connectivity index (χ2v) is 8.97. The monoisotopic (exact) mass is 488 g/mol. The van der Waals surface area contributed by atoms with Gasteiger partial charge in [0.05, 0.1) is 16.1 Å². The van der Waals surface area contributed by atoms with Crippen LogP contribution in [0.5, 0.6) is 0 Å². The van der Waals surface area contributed by atoms with Crippen LogP contribution in [0.2, 0.25) is 0 Å². The number of halogens is 1. The van der Waals surface area contributed by atoms with E-state index in [1.165, 1.54) is 36.4 Å². The van der Waals surface area contributed by atoms with E-state index in [0.29, 0.717) is 4.47 Å². The lowest BCUT2D eigenvalue weighted by molar-refractivity contribution is 0.0698. The maximum atomic E-state index is 12.5. The maximum absolute atomic E-state index is 12.5. The third-order valence-corrected chi connectivity index (χ3v) is 6.11. The first-order chi connectivity index (χ1) is 14.3. The molecule has 0 saturated heterocycles. The summed E-state index contributed by atoms with van der Waals surface area (Å²) >= 11 is 3.19. The molecule has 0 unspecified atom stereocenters. The molecule has 0 aliphatic rings. The minimum Gasteiger partial charge on any atom is -0.478 e. The van der Waals surface area contributed by atoms with Gasteiger partial charge in [-0.3, -0.25) is 4.79 Å². The summed E-state index contributed by atoms with van der Waals surface area (Å²) < 4.78 is 28.0. The molecule has 0 fully saturated rings. The quantitative estimate of drug-likeness (QED) is 0.467. The Balaban J connectivity index is 1.72. The Bertz CT molecular complexity index is 1180. The third-order valence-electron chi connectivity index (χ3n) is 4.20. The summed E-state index contributed by atoms with van der Waals surface area (Å²) in [6.07, 6.45) is 0. The third kappa shape index (κ3) is 5.32. The maximum Gasteiger partial charge on any atom is 0.337 e. The minimum atomic E-state index is -3.75. The molecule has 0 heterocycles. The van der Waals surface area contributed by atoms with Crippen molar-refractivity contribution in [3.8, 4) is 0 Å². The molecule has 9 heteroatoms. The molecule has 7 nitrogen and oxygen atoms in total. The Kier molecular flexibility index (Phi) is 6.66. The van der Waals surface area contributed by atoms with Crippen molar-refractivity contribution in [2.75, 3.05) is 5.32 Å². The van der Waals surface area contributed by atoms with E-state index in [4.69, 9.17) is 0 Å². The summed E-state index contributed by atoms with van der Waals surface area (Å²) in [5.41, 5.74) is 1.08. The molecule has 3 aromatic carbocycles. The van der Waals surface area contributed by atoms with Gasteiger partial charge in [-0.15, -0.1) is 0 Å². The lowest BCUT2D eigenvalue weighted by Gasteiger charge is -2.10. The number of carboxylic acid groups (broad SMARTS) is 1. The van der Waals surface area contributed by atoms with E-state index in [1.54, 1.807) is 6.07 Å². The smallest absolute Gasteiger partial charge is 0.337 e. The first kappa shape index (κ1) is 21.7. The number of anilines is 1. The molecule has 1 amide bonds. The molecule has 154 valence electrons. The van der Waals surface area contributed by atoms with Crippen molar-refractivity contribution >= 4 is 43.5 Å². The lowest BCUT2D eigenvalue weighted by atomic mass is 10.1. The van der Waals surface area contributed by atoms with Crippen molar-refractivity contribution in [1.82, 2.24) is 4.72 Å². The lowest BCUT2D eigenvalue weighted by Crippen LogP contribution is -2.23. The molecule has 30 heavy (non-hydrogen) atoms. The molecule has 3 N–H and O–H groups in total. The fraction of sp³-hybridized carbons (Fsp3) is 0.0476. The number of hydrogen-bond acceptors (Lipinski definition) is 4. The van der Waals surface area contributed by atoms with Gasteiger partial charge in [0.2, 0.25) is 10.0 Å². The highest BCUT2D eigenvalue weighted by Gasteiger charge is 2.17. The standard InChI is InChI=1S/C21H17BrN2O5S/c22-16-8-11-19(18(12-16)21(26)27)24-20(25)15-6-9-17(10-7-15)30(28,29)23-13-14-4-2-1-3-5-14/h1-12,23H,13H2,(H,24,25)(H,26,27). The highest BCUT2D eigenvalue weighted by Crippen LogP contribution is 2.22. The Morgan fingerprint density at radius 1 is 0.933 bits per heavy atom. The summed E-state index contributed by atoms with van der Waals surface area (Å²) in [6.45, 7) is 0.146. The number of carboxylic acids is 1. The fourth-order valence-electron chi connectivity index (χ4n) is 2.64. The van der Waals surface area contributed by atoms with E-state index in [9.17, 15) is 23.1 Å². The highest BCUT2D eigenvalue weighted by molar-refractivity contribution is 9.10. The molecule has 0 atom stereocenters. The summed E-state index contributed by atoms with van der Waals surface area (Å²) in [4.78, 5) is 23.8. The van der Waals surface area contributed by atoms with Crippen LogP contribution in [0.1, 0.15) is 26.3 Å². The second-order valence-electron chi connectivity index (χ2n) is 6.28. The van der Waals surface area contributed by atoms with Crippen molar-refractivity contribution in [2.24, 2.45) is 0 Å².